The van der Waals surface area contributed by atoms with Crippen molar-refractivity contribution in [1.29, 1.82) is 0 Å². The lowest BCUT2D eigenvalue weighted by atomic mass is 10.0. The first kappa shape index (κ1) is 17.1. The molecule has 0 spiro atoms. The minimum atomic E-state index is -0.238. The Morgan fingerprint density at radius 2 is 1.96 bits per heavy atom. The molecule has 4 rings (SSSR count). The fourth-order valence-electron chi connectivity index (χ4n) is 4.14. The standard InChI is InChI=1S/C18H22N2O3.ClH/c1-20-11-6-7-12(20)9-13(8-11)23-18(21)15-10-19-17-14(15)4-3-5-16(17)22-2;/h3-5,10-13,19H,6-9H2,1-2H3;1H. The Kier molecular flexibility index (Phi) is 4.74. The number of nitrogens with zero attached hydrogens (tertiary/aromatic N) is 1. The van der Waals surface area contributed by atoms with Crippen molar-refractivity contribution in [3.63, 3.8) is 0 Å². The predicted molar refractivity (Wildman–Crippen MR) is 95.1 cm³/mol. The van der Waals surface area contributed by atoms with E-state index in [4.69, 9.17) is 9.47 Å². The molecule has 2 atom stereocenters. The molecule has 2 bridgehead atoms. The van der Waals surface area contributed by atoms with Gasteiger partial charge >= 0.3 is 5.97 Å². The van der Waals surface area contributed by atoms with E-state index in [1.165, 1.54) is 12.8 Å². The number of ether oxygens (including phenoxy) is 2. The molecule has 2 saturated heterocycles. The van der Waals surface area contributed by atoms with Gasteiger partial charge in [0.15, 0.2) is 0 Å². The van der Waals surface area contributed by atoms with Crippen LogP contribution in [0.5, 0.6) is 5.75 Å². The number of carbonyl (C=O) groups is 1. The molecule has 2 unspecified atom stereocenters. The Bertz CT molecular complexity index is 731. The fraction of sp³-hybridized carbons (Fsp3) is 0.500. The van der Waals surface area contributed by atoms with Crippen molar-refractivity contribution in [2.45, 2.75) is 43.9 Å². The number of nitrogens with one attached hydrogen (secondary N) is 1. The van der Waals surface area contributed by atoms with E-state index in [2.05, 4.69) is 16.9 Å². The average Bonchev–Trinajstić information content (AvgIpc) is 3.05. The number of piperidine rings is 1. The second-order valence-electron chi connectivity index (χ2n) is 6.63. The molecule has 0 radical (unpaired) electrons. The van der Waals surface area contributed by atoms with Crippen molar-refractivity contribution in [1.82, 2.24) is 9.88 Å². The van der Waals surface area contributed by atoms with E-state index in [9.17, 15) is 4.79 Å². The third-order valence-electron chi connectivity index (χ3n) is 5.45. The molecule has 2 aliphatic heterocycles. The van der Waals surface area contributed by atoms with Gasteiger partial charge < -0.3 is 19.4 Å². The highest BCUT2D eigenvalue weighted by Crippen LogP contribution is 2.36. The van der Waals surface area contributed by atoms with Gasteiger partial charge in [-0.05, 0) is 26.0 Å². The number of hydrogen-bond donors (Lipinski definition) is 1. The average molecular weight is 351 g/mol. The van der Waals surface area contributed by atoms with Crippen LogP contribution in [0.25, 0.3) is 10.9 Å². The number of H-pyrrole nitrogens is 1. The Labute approximate surface area is 147 Å². The first-order valence-corrected chi connectivity index (χ1v) is 8.24. The summed E-state index contributed by atoms with van der Waals surface area (Å²) >= 11 is 0. The number of hydrogen-bond acceptors (Lipinski definition) is 4. The van der Waals surface area contributed by atoms with Crippen LogP contribution in [0.3, 0.4) is 0 Å². The van der Waals surface area contributed by atoms with Crippen molar-refractivity contribution < 1.29 is 14.3 Å². The molecular formula is C18H23ClN2O3. The minimum Gasteiger partial charge on any atom is -0.495 e. The normalized spacial score (nSPS) is 26.2. The largest absolute Gasteiger partial charge is 0.495 e. The summed E-state index contributed by atoms with van der Waals surface area (Å²) in [5.41, 5.74) is 1.43. The van der Waals surface area contributed by atoms with Crippen LogP contribution in [-0.4, -0.2) is 48.2 Å². The summed E-state index contributed by atoms with van der Waals surface area (Å²) in [7, 11) is 3.81. The second-order valence-corrected chi connectivity index (χ2v) is 6.63. The van der Waals surface area contributed by atoms with Crippen LogP contribution in [0.1, 0.15) is 36.0 Å². The first-order valence-electron chi connectivity index (χ1n) is 8.24. The fourth-order valence-corrected chi connectivity index (χ4v) is 4.14. The number of fused-ring (bicyclic) bond motifs is 3. The highest BCUT2D eigenvalue weighted by atomic mass is 35.5. The van der Waals surface area contributed by atoms with Crippen LogP contribution in [0.15, 0.2) is 24.4 Å². The summed E-state index contributed by atoms with van der Waals surface area (Å²) in [5.74, 6) is 0.498. The molecule has 2 aliphatic rings. The lowest BCUT2D eigenvalue weighted by molar-refractivity contribution is -0.000258. The molecule has 24 heavy (non-hydrogen) atoms. The zero-order valence-electron chi connectivity index (χ0n) is 14.0. The number of benzene rings is 1. The van der Waals surface area contributed by atoms with Gasteiger partial charge in [-0.2, -0.15) is 0 Å². The van der Waals surface area contributed by atoms with Gasteiger partial charge in [0.05, 0.1) is 18.2 Å². The molecule has 130 valence electrons. The van der Waals surface area contributed by atoms with E-state index in [0.717, 1.165) is 29.5 Å². The maximum atomic E-state index is 12.6. The number of aromatic nitrogens is 1. The van der Waals surface area contributed by atoms with Crippen LogP contribution in [-0.2, 0) is 4.74 Å². The van der Waals surface area contributed by atoms with Crippen LogP contribution >= 0.6 is 12.4 Å². The van der Waals surface area contributed by atoms with E-state index in [-0.39, 0.29) is 24.5 Å². The van der Waals surface area contributed by atoms with Gasteiger partial charge in [0.2, 0.25) is 0 Å². The summed E-state index contributed by atoms with van der Waals surface area (Å²) in [6.45, 7) is 0. The Balaban J connectivity index is 0.00000169. The maximum Gasteiger partial charge on any atom is 0.340 e. The Morgan fingerprint density at radius 1 is 1.25 bits per heavy atom. The van der Waals surface area contributed by atoms with E-state index >= 15 is 0 Å². The van der Waals surface area contributed by atoms with Crippen molar-refractivity contribution in [2.24, 2.45) is 0 Å². The monoisotopic (exact) mass is 350 g/mol. The molecule has 6 heteroatoms. The lowest BCUT2D eigenvalue weighted by Crippen LogP contribution is -2.43. The van der Waals surface area contributed by atoms with Gasteiger partial charge in [0.1, 0.15) is 11.9 Å². The number of halogens is 1. The van der Waals surface area contributed by atoms with Crippen molar-refractivity contribution in [3.8, 4) is 5.75 Å². The highest BCUT2D eigenvalue weighted by Gasteiger charge is 2.40. The summed E-state index contributed by atoms with van der Waals surface area (Å²) in [5, 5.41) is 0.852. The number of para-hydroxylation sites is 1. The van der Waals surface area contributed by atoms with E-state index in [1.54, 1.807) is 13.3 Å². The molecular weight excluding hydrogens is 328 g/mol. The lowest BCUT2D eigenvalue weighted by Gasteiger charge is -2.35. The summed E-state index contributed by atoms with van der Waals surface area (Å²) in [4.78, 5) is 18.2. The summed E-state index contributed by atoms with van der Waals surface area (Å²) in [6, 6.07) is 6.82. The van der Waals surface area contributed by atoms with Crippen molar-refractivity contribution in [2.75, 3.05) is 14.2 Å². The number of esters is 1. The molecule has 1 aromatic heterocycles. The van der Waals surface area contributed by atoms with Crippen LogP contribution in [0, 0.1) is 0 Å². The maximum absolute atomic E-state index is 12.6. The first-order chi connectivity index (χ1) is 11.2. The molecule has 3 heterocycles. The SMILES string of the molecule is COc1cccc2c(C(=O)OC3CC4CCC(C3)N4C)c[nH]c12.Cl. The zero-order valence-corrected chi connectivity index (χ0v) is 14.8. The topological polar surface area (TPSA) is 54.6 Å². The minimum absolute atomic E-state index is 0. The molecule has 0 saturated carbocycles. The number of rotatable bonds is 3. The van der Waals surface area contributed by atoms with E-state index in [1.807, 2.05) is 18.2 Å². The van der Waals surface area contributed by atoms with Crippen LogP contribution in [0.4, 0.5) is 0 Å². The predicted octanol–water partition coefficient (Wildman–Crippen LogP) is 3.38. The molecule has 2 fully saturated rings. The highest BCUT2D eigenvalue weighted by molar-refractivity contribution is 6.05. The Morgan fingerprint density at radius 3 is 2.62 bits per heavy atom. The van der Waals surface area contributed by atoms with E-state index in [0.29, 0.717) is 17.6 Å². The molecule has 0 amide bonds. The zero-order chi connectivity index (χ0) is 16.0. The second kappa shape index (κ2) is 6.65. The number of carbonyl (C=O) groups excluding carboxylic acids is 1. The van der Waals surface area contributed by atoms with E-state index < -0.39 is 0 Å². The molecule has 5 nitrogen and oxygen atoms in total. The quantitative estimate of drug-likeness (QED) is 0.862. The third-order valence-corrected chi connectivity index (χ3v) is 5.45. The number of aromatic amines is 1. The third kappa shape index (κ3) is 2.76. The summed E-state index contributed by atoms with van der Waals surface area (Å²) < 4.78 is 11.1. The number of methoxy groups -OCH3 is 1. The van der Waals surface area contributed by atoms with Crippen molar-refractivity contribution in [3.05, 3.63) is 30.0 Å². The molecule has 0 aliphatic carbocycles. The van der Waals surface area contributed by atoms with Crippen molar-refractivity contribution >= 4 is 29.3 Å². The van der Waals surface area contributed by atoms with Gasteiger partial charge in [-0.3, -0.25) is 0 Å². The van der Waals surface area contributed by atoms with Gasteiger partial charge in [-0.1, -0.05) is 12.1 Å². The summed E-state index contributed by atoms with van der Waals surface area (Å²) in [6.07, 6.45) is 6.10. The Hall–Kier alpha value is -1.72. The molecule has 1 aromatic carbocycles. The van der Waals surface area contributed by atoms with Gasteiger partial charge in [0, 0.05) is 36.5 Å². The van der Waals surface area contributed by atoms with Gasteiger partial charge in [-0.15, -0.1) is 12.4 Å². The molecule has 2 aromatic rings. The smallest absolute Gasteiger partial charge is 0.340 e. The van der Waals surface area contributed by atoms with Crippen LogP contribution < -0.4 is 4.74 Å². The van der Waals surface area contributed by atoms with Gasteiger partial charge in [-0.25, -0.2) is 4.79 Å². The van der Waals surface area contributed by atoms with Crippen LogP contribution in [0.2, 0.25) is 0 Å². The molecule has 1 N–H and O–H groups in total. The van der Waals surface area contributed by atoms with Gasteiger partial charge in [0.25, 0.3) is 0 Å².